The topological polar surface area (TPSA) is 38.8 Å². The lowest BCUT2D eigenvalue weighted by Gasteiger charge is -2.22. The van der Waals surface area contributed by atoms with Crippen LogP contribution >= 0.6 is 11.3 Å². The number of carbonyl (C=O) groups excluding carboxylic acids is 1. The minimum atomic E-state index is 0.0526. The maximum atomic E-state index is 12.9. The summed E-state index contributed by atoms with van der Waals surface area (Å²) in [6.07, 6.45) is 2.18. The molecular weight excluding hydrogens is 298 g/mol. The van der Waals surface area contributed by atoms with E-state index in [9.17, 15) is 4.79 Å². The molecule has 3 rings (SSSR count). The first-order chi connectivity index (χ1) is 10.7. The van der Waals surface area contributed by atoms with Crippen LogP contribution in [-0.4, -0.2) is 31.1 Å². The summed E-state index contributed by atoms with van der Waals surface area (Å²) in [5.41, 5.74) is 0.640. The van der Waals surface area contributed by atoms with Crippen molar-refractivity contribution in [2.75, 3.05) is 14.2 Å². The van der Waals surface area contributed by atoms with Gasteiger partial charge >= 0.3 is 0 Å². The second-order valence-corrected chi connectivity index (χ2v) is 6.35. The van der Waals surface area contributed by atoms with Crippen LogP contribution in [0, 0.1) is 0 Å². The van der Waals surface area contributed by atoms with Crippen LogP contribution in [0.5, 0.6) is 11.5 Å². The van der Waals surface area contributed by atoms with Crippen LogP contribution in [0.2, 0.25) is 0 Å². The summed E-state index contributed by atoms with van der Waals surface area (Å²) in [4.78, 5) is 16.0. The summed E-state index contributed by atoms with van der Waals surface area (Å²) < 4.78 is 10.5. The highest BCUT2D eigenvalue weighted by Crippen LogP contribution is 2.33. The Hall–Kier alpha value is -2.01. The molecule has 1 heterocycles. The van der Waals surface area contributed by atoms with Gasteiger partial charge < -0.3 is 14.4 Å². The fourth-order valence-electron chi connectivity index (χ4n) is 2.46. The van der Waals surface area contributed by atoms with Crippen molar-refractivity contribution in [1.82, 2.24) is 4.90 Å². The van der Waals surface area contributed by atoms with Crippen molar-refractivity contribution in [3.63, 3.8) is 0 Å². The Balaban J connectivity index is 1.84. The van der Waals surface area contributed by atoms with E-state index >= 15 is 0 Å². The quantitative estimate of drug-likeness (QED) is 0.817. The smallest absolute Gasteiger partial charge is 0.254 e. The van der Waals surface area contributed by atoms with Gasteiger partial charge in [-0.3, -0.25) is 4.79 Å². The van der Waals surface area contributed by atoms with Gasteiger partial charge in [-0.2, -0.15) is 0 Å². The molecule has 1 saturated carbocycles. The van der Waals surface area contributed by atoms with Gasteiger partial charge in [0, 0.05) is 16.5 Å². The number of hydrogen-bond donors (Lipinski definition) is 0. The molecule has 1 amide bonds. The lowest BCUT2D eigenvalue weighted by Crippen LogP contribution is -2.32. The Morgan fingerprint density at radius 2 is 2.00 bits per heavy atom. The number of hydrogen-bond acceptors (Lipinski definition) is 4. The highest BCUT2D eigenvalue weighted by Gasteiger charge is 2.33. The van der Waals surface area contributed by atoms with Crippen LogP contribution < -0.4 is 9.47 Å². The first kappa shape index (κ1) is 14.9. The number of thiophene rings is 1. The van der Waals surface area contributed by atoms with Crippen LogP contribution in [0.3, 0.4) is 0 Å². The number of benzene rings is 1. The van der Waals surface area contributed by atoms with Crippen LogP contribution in [0.1, 0.15) is 28.1 Å². The van der Waals surface area contributed by atoms with E-state index in [0.29, 0.717) is 29.6 Å². The molecule has 116 valence electrons. The fraction of sp³-hybridized carbons (Fsp3) is 0.353. The van der Waals surface area contributed by atoms with Crippen molar-refractivity contribution in [3.05, 3.63) is 46.2 Å². The van der Waals surface area contributed by atoms with Crippen molar-refractivity contribution in [2.24, 2.45) is 0 Å². The molecule has 22 heavy (non-hydrogen) atoms. The summed E-state index contributed by atoms with van der Waals surface area (Å²) in [5.74, 6) is 1.27. The van der Waals surface area contributed by atoms with E-state index in [-0.39, 0.29) is 5.91 Å². The Labute approximate surface area is 134 Å². The molecule has 1 aliphatic rings. The third kappa shape index (κ3) is 3.09. The van der Waals surface area contributed by atoms with Gasteiger partial charge in [0.15, 0.2) is 11.5 Å². The van der Waals surface area contributed by atoms with Gasteiger partial charge in [-0.1, -0.05) is 6.07 Å². The van der Waals surface area contributed by atoms with E-state index in [1.54, 1.807) is 43.8 Å². The van der Waals surface area contributed by atoms with E-state index < -0.39 is 0 Å². The molecule has 1 fully saturated rings. The molecule has 0 spiro atoms. The van der Waals surface area contributed by atoms with Crippen LogP contribution in [-0.2, 0) is 6.54 Å². The first-order valence-electron chi connectivity index (χ1n) is 7.28. The van der Waals surface area contributed by atoms with E-state index in [1.165, 1.54) is 4.88 Å². The predicted molar refractivity (Wildman–Crippen MR) is 86.8 cm³/mol. The van der Waals surface area contributed by atoms with Crippen molar-refractivity contribution in [1.29, 1.82) is 0 Å². The summed E-state index contributed by atoms with van der Waals surface area (Å²) >= 11 is 1.68. The molecule has 0 unspecified atom stereocenters. The fourth-order valence-corrected chi connectivity index (χ4v) is 3.16. The summed E-state index contributed by atoms with van der Waals surface area (Å²) in [6.45, 7) is 0.676. The Morgan fingerprint density at radius 3 is 2.59 bits per heavy atom. The molecule has 0 bridgehead atoms. The molecule has 0 saturated heterocycles. The zero-order chi connectivity index (χ0) is 15.5. The average Bonchev–Trinajstić information content (AvgIpc) is 3.27. The minimum Gasteiger partial charge on any atom is -0.493 e. The van der Waals surface area contributed by atoms with Gasteiger partial charge in [0.05, 0.1) is 20.8 Å². The van der Waals surface area contributed by atoms with Gasteiger partial charge in [-0.25, -0.2) is 0 Å². The number of ether oxygens (including phenoxy) is 2. The number of carbonyl (C=O) groups is 1. The third-order valence-corrected chi connectivity index (χ3v) is 4.65. The molecule has 0 atom stereocenters. The van der Waals surface area contributed by atoms with Crippen molar-refractivity contribution in [3.8, 4) is 11.5 Å². The zero-order valence-corrected chi connectivity index (χ0v) is 13.6. The lowest BCUT2D eigenvalue weighted by molar-refractivity contribution is 0.0731. The molecule has 0 aliphatic heterocycles. The minimum absolute atomic E-state index is 0.0526. The summed E-state index contributed by atoms with van der Waals surface area (Å²) in [7, 11) is 3.17. The Bertz CT molecular complexity index is 650. The monoisotopic (exact) mass is 317 g/mol. The van der Waals surface area contributed by atoms with Gasteiger partial charge in [0.25, 0.3) is 5.91 Å². The van der Waals surface area contributed by atoms with Crippen molar-refractivity contribution >= 4 is 17.2 Å². The second kappa shape index (κ2) is 6.40. The molecule has 1 aromatic heterocycles. The first-order valence-corrected chi connectivity index (χ1v) is 8.16. The maximum Gasteiger partial charge on any atom is 0.254 e. The van der Waals surface area contributed by atoms with Gasteiger partial charge in [-0.15, -0.1) is 11.3 Å². The average molecular weight is 317 g/mol. The maximum absolute atomic E-state index is 12.9. The number of amides is 1. The predicted octanol–water partition coefficient (Wildman–Crippen LogP) is 3.57. The standard InChI is InChI=1S/C17H19NO3S/c1-20-15-8-5-12(10-16(15)21-2)17(19)18(13-6-7-13)11-14-4-3-9-22-14/h3-5,8-10,13H,6-7,11H2,1-2H3. The Kier molecular flexibility index (Phi) is 4.34. The molecular formula is C17H19NO3S. The molecule has 0 N–H and O–H groups in total. The number of nitrogens with zero attached hydrogens (tertiary/aromatic N) is 1. The van der Waals surface area contributed by atoms with Crippen LogP contribution in [0.4, 0.5) is 0 Å². The highest BCUT2D eigenvalue weighted by atomic mass is 32.1. The highest BCUT2D eigenvalue weighted by molar-refractivity contribution is 7.09. The van der Waals surface area contributed by atoms with Crippen LogP contribution in [0.25, 0.3) is 0 Å². The van der Waals surface area contributed by atoms with Crippen molar-refractivity contribution < 1.29 is 14.3 Å². The van der Waals surface area contributed by atoms with E-state index in [2.05, 4.69) is 6.07 Å². The van der Waals surface area contributed by atoms with Gasteiger partial charge in [0.1, 0.15) is 0 Å². The SMILES string of the molecule is COc1ccc(C(=O)N(Cc2cccs2)C2CC2)cc1OC. The molecule has 0 radical (unpaired) electrons. The normalized spacial score (nSPS) is 13.7. The number of rotatable bonds is 6. The van der Waals surface area contributed by atoms with Gasteiger partial charge in [-0.05, 0) is 42.5 Å². The van der Waals surface area contributed by atoms with E-state index in [0.717, 1.165) is 12.8 Å². The molecule has 2 aromatic rings. The van der Waals surface area contributed by atoms with Crippen molar-refractivity contribution in [2.45, 2.75) is 25.4 Å². The third-order valence-electron chi connectivity index (χ3n) is 3.79. The molecule has 1 aliphatic carbocycles. The molecule has 5 heteroatoms. The van der Waals surface area contributed by atoms with Crippen LogP contribution in [0.15, 0.2) is 35.7 Å². The van der Waals surface area contributed by atoms with Gasteiger partial charge in [0.2, 0.25) is 0 Å². The van der Waals surface area contributed by atoms with E-state index in [4.69, 9.17) is 9.47 Å². The van der Waals surface area contributed by atoms with E-state index in [1.807, 2.05) is 16.3 Å². The second-order valence-electron chi connectivity index (χ2n) is 5.31. The summed E-state index contributed by atoms with van der Waals surface area (Å²) in [6, 6.07) is 9.79. The zero-order valence-electron chi connectivity index (χ0n) is 12.7. The summed E-state index contributed by atoms with van der Waals surface area (Å²) in [5, 5.41) is 2.04. The molecule has 4 nitrogen and oxygen atoms in total. The molecule has 1 aromatic carbocycles. The lowest BCUT2D eigenvalue weighted by atomic mass is 10.1. The largest absolute Gasteiger partial charge is 0.493 e. The number of methoxy groups -OCH3 is 2. The Morgan fingerprint density at radius 1 is 1.23 bits per heavy atom.